The third-order valence-corrected chi connectivity index (χ3v) is 4.27. The van der Waals surface area contributed by atoms with E-state index in [1.165, 1.54) is 24.5 Å². The van der Waals surface area contributed by atoms with Gasteiger partial charge in [-0.1, -0.05) is 30.3 Å². The first-order valence-electron chi connectivity index (χ1n) is 8.16. The number of benzene rings is 2. The monoisotopic (exact) mass is 330 g/mol. The maximum Gasteiger partial charge on any atom is 0.257 e. The molecule has 0 aliphatic carbocycles. The molecular weight excluding hydrogens is 310 g/mol. The molecule has 3 nitrogen and oxygen atoms in total. The van der Waals surface area contributed by atoms with Gasteiger partial charge in [-0.05, 0) is 49.2 Å². The van der Waals surface area contributed by atoms with Gasteiger partial charge < -0.3 is 5.32 Å². The molecule has 1 amide bonds. The van der Waals surface area contributed by atoms with Crippen LogP contribution in [0.5, 0.6) is 0 Å². The number of halogens is 2. The van der Waals surface area contributed by atoms with E-state index in [0.29, 0.717) is 0 Å². The quantitative estimate of drug-likeness (QED) is 0.910. The van der Waals surface area contributed by atoms with Gasteiger partial charge in [0.05, 0.1) is 0 Å². The van der Waals surface area contributed by atoms with Crippen LogP contribution in [-0.2, 0) is 13.1 Å². The van der Waals surface area contributed by atoms with E-state index in [4.69, 9.17) is 0 Å². The number of carbonyl (C=O) groups excluding carboxylic acids is 1. The topological polar surface area (TPSA) is 32.3 Å². The summed E-state index contributed by atoms with van der Waals surface area (Å²) in [7, 11) is 0. The highest BCUT2D eigenvalue weighted by Crippen LogP contribution is 2.14. The predicted octanol–water partition coefficient (Wildman–Crippen LogP) is 3.49. The van der Waals surface area contributed by atoms with Crippen LogP contribution in [0.2, 0.25) is 0 Å². The maximum atomic E-state index is 13.6. The normalized spacial score (nSPS) is 14.8. The van der Waals surface area contributed by atoms with Crippen molar-refractivity contribution in [2.75, 3.05) is 13.1 Å². The lowest BCUT2D eigenvalue weighted by Gasteiger charge is -2.14. The first-order valence-corrected chi connectivity index (χ1v) is 8.16. The SMILES string of the molecule is O=C(NCc1ccc(CN2CCCC2)cc1)c1c(F)cccc1F. The van der Waals surface area contributed by atoms with Gasteiger partial charge in [0, 0.05) is 13.1 Å². The van der Waals surface area contributed by atoms with Gasteiger partial charge in [0.2, 0.25) is 0 Å². The standard InChI is InChI=1S/C19H20F2N2O/c20-16-4-3-5-17(21)18(16)19(24)22-12-14-6-8-15(9-7-14)13-23-10-1-2-11-23/h3-9H,1-2,10-13H2,(H,22,24). The summed E-state index contributed by atoms with van der Waals surface area (Å²) in [6.07, 6.45) is 2.52. The minimum atomic E-state index is -0.853. The largest absolute Gasteiger partial charge is 0.348 e. The van der Waals surface area contributed by atoms with E-state index in [1.807, 2.05) is 24.3 Å². The summed E-state index contributed by atoms with van der Waals surface area (Å²) in [4.78, 5) is 14.4. The average Bonchev–Trinajstić information content (AvgIpc) is 3.07. The summed E-state index contributed by atoms with van der Waals surface area (Å²) in [5, 5.41) is 2.56. The lowest BCUT2D eigenvalue weighted by Crippen LogP contribution is -2.25. The number of hydrogen-bond acceptors (Lipinski definition) is 2. The van der Waals surface area contributed by atoms with Crippen LogP contribution in [0.25, 0.3) is 0 Å². The van der Waals surface area contributed by atoms with Gasteiger partial charge in [-0.25, -0.2) is 8.78 Å². The molecule has 1 N–H and O–H groups in total. The summed E-state index contributed by atoms with van der Waals surface area (Å²) in [6, 6.07) is 11.3. The molecule has 0 bridgehead atoms. The van der Waals surface area contributed by atoms with E-state index >= 15 is 0 Å². The average molecular weight is 330 g/mol. The van der Waals surface area contributed by atoms with Gasteiger partial charge >= 0.3 is 0 Å². The fourth-order valence-corrected chi connectivity index (χ4v) is 2.95. The molecule has 5 heteroatoms. The Kier molecular flexibility index (Phi) is 5.20. The molecule has 0 saturated carbocycles. The third-order valence-electron chi connectivity index (χ3n) is 4.27. The second-order valence-corrected chi connectivity index (χ2v) is 6.08. The Morgan fingerprint density at radius 3 is 2.17 bits per heavy atom. The molecule has 1 aliphatic rings. The second kappa shape index (κ2) is 7.53. The zero-order chi connectivity index (χ0) is 16.9. The summed E-state index contributed by atoms with van der Waals surface area (Å²) in [5.41, 5.74) is 1.58. The van der Waals surface area contributed by atoms with Crippen molar-refractivity contribution in [2.24, 2.45) is 0 Å². The Balaban J connectivity index is 1.57. The lowest BCUT2D eigenvalue weighted by molar-refractivity contribution is 0.0942. The van der Waals surface area contributed by atoms with Crippen molar-refractivity contribution in [3.8, 4) is 0 Å². The van der Waals surface area contributed by atoms with Gasteiger partial charge in [-0.15, -0.1) is 0 Å². The molecule has 2 aromatic carbocycles. The van der Waals surface area contributed by atoms with E-state index in [9.17, 15) is 13.6 Å². The van der Waals surface area contributed by atoms with Crippen LogP contribution in [0.4, 0.5) is 8.78 Å². The smallest absolute Gasteiger partial charge is 0.257 e. The summed E-state index contributed by atoms with van der Waals surface area (Å²) < 4.78 is 27.1. The molecule has 1 saturated heterocycles. The Morgan fingerprint density at radius 2 is 1.54 bits per heavy atom. The van der Waals surface area contributed by atoms with Crippen molar-refractivity contribution >= 4 is 5.91 Å². The van der Waals surface area contributed by atoms with E-state index in [-0.39, 0.29) is 6.54 Å². The molecular formula is C19H20F2N2O. The van der Waals surface area contributed by atoms with Gasteiger partial charge in [-0.2, -0.15) is 0 Å². The van der Waals surface area contributed by atoms with Crippen LogP contribution in [0.3, 0.4) is 0 Å². The molecule has 0 spiro atoms. The highest BCUT2D eigenvalue weighted by atomic mass is 19.1. The van der Waals surface area contributed by atoms with E-state index in [0.717, 1.165) is 37.3 Å². The Morgan fingerprint density at radius 1 is 0.958 bits per heavy atom. The fraction of sp³-hybridized carbons (Fsp3) is 0.316. The van der Waals surface area contributed by atoms with E-state index in [1.54, 1.807) is 0 Å². The highest BCUT2D eigenvalue weighted by molar-refractivity contribution is 5.94. The Bertz CT molecular complexity index is 690. The minimum absolute atomic E-state index is 0.233. The van der Waals surface area contributed by atoms with Crippen molar-refractivity contribution in [1.82, 2.24) is 10.2 Å². The van der Waals surface area contributed by atoms with Crippen molar-refractivity contribution in [3.63, 3.8) is 0 Å². The van der Waals surface area contributed by atoms with Gasteiger partial charge in [0.1, 0.15) is 17.2 Å². The van der Waals surface area contributed by atoms with Crippen LogP contribution in [0.15, 0.2) is 42.5 Å². The van der Waals surface area contributed by atoms with Crippen LogP contribution in [-0.4, -0.2) is 23.9 Å². The Hall–Kier alpha value is -2.27. The maximum absolute atomic E-state index is 13.6. The zero-order valence-electron chi connectivity index (χ0n) is 13.4. The molecule has 3 rings (SSSR count). The summed E-state index contributed by atoms with van der Waals surface area (Å²) >= 11 is 0. The minimum Gasteiger partial charge on any atom is -0.348 e. The number of likely N-dealkylation sites (tertiary alicyclic amines) is 1. The number of nitrogens with zero attached hydrogens (tertiary/aromatic N) is 1. The highest BCUT2D eigenvalue weighted by Gasteiger charge is 2.16. The van der Waals surface area contributed by atoms with Gasteiger partial charge in [-0.3, -0.25) is 9.69 Å². The Labute approximate surface area is 140 Å². The third kappa shape index (κ3) is 3.97. The van der Waals surface area contributed by atoms with Crippen molar-refractivity contribution < 1.29 is 13.6 Å². The molecule has 0 unspecified atom stereocenters. The van der Waals surface area contributed by atoms with Crippen molar-refractivity contribution in [2.45, 2.75) is 25.9 Å². The number of amides is 1. The molecule has 1 fully saturated rings. The molecule has 1 heterocycles. The zero-order valence-corrected chi connectivity index (χ0v) is 13.4. The first-order chi connectivity index (χ1) is 11.6. The number of rotatable bonds is 5. The van der Waals surface area contributed by atoms with Crippen LogP contribution in [0.1, 0.15) is 34.3 Å². The molecule has 2 aromatic rings. The molecule has 126 valence electrons. The molecule has 0 atom stereocenters. The number of nitrogens with one attached hydrogen (secondary N) is 1. The summed E-state index contributed by atoms with van der Waals surface area (Å²) in [5.74, 6) is -2.45. The molecule has 0 radical (unpaired) electrons. The molecule has 1 aliphatic heterocycles. The van der Waals surface area contributed by atoms with E-state index < -0.39 is 23.1 Å². The van der Waals surface area contributed by atoms with Gasteiger partial charge in [0.15, 0.2) is 0 Å². The number of carbonyl (C=O) groups is 1. The van der Waals surface area contributed by atoms with Crippen molar-refractivity contribution in [1.29, 1.82) is 0 Å². The molecule has 0 aromatic heterocycles. The van der Waals surface area contributed by atoms with Crippen molar-refractivity contribution in [3.05, 3.63) is 70.8 Å². The predicted molar refractivity (Wildman–Crippen MR) is 88.5 cm³/mol. The molecule has 24 heavy (non-hydrogen) atoms. The number of hydrogen-bond donors (Lipinski definition) is 1. The van der Waals surface area contributed by atoms with Crippen LogP contribution < -0.4 is 5.32 Å². The summed E-state index contributed by atoms with van der Waals surface area (Å²) in [6.45, 7) is 3.46. The van der Waals surface area contributed by atoms with Crippen LogP contribution >= 0.6 is 0 Å². The first kappa shape index (κ1) is 16.6. The second-order valence-electron chi connectivity index (χ2n) is 6.08. The van der Waals surface area contributed by atoms with Gasteiger partial charge in [0.25, 0.3) is 5.91 Å². The lowest BCUT2D eigenvalue weighted by atomic mass is 10.1. The van der Waals surface area contributed by atoms with E-state index in [2.05, 4.69) is 10.2 Å². The van der Waals surface area contributed by atoms with Crippen LogP contribution in [0, 0.1) is 11.6 Å². The fourth-order valence-electron chi connectivity index (χ4n) is 2.95.